The third-order valence-corrected chi connectivity index (χ3v) is 2.99. The molecule has 0 saturated carbocycles. The molecule has 1 aliphatic rings. The molecule has 1 heterocycles. The SMILES string of the molecule is COC1CN(CCCC(C)O)CC1OC. The molecular weight excluding hydrogens is 194 g/mol. The molecule has 90 valence electrons. The molecule has 4 heteroatoms. The van der Waals surface area contributed by atoms with Crippen molar-refractivity contribution in [3.05, 3.63) is 0 Å². The lowest BCUT2D eigenvalue weighted by Gasteiger charge is -2.15. The normalized spacial score (nSPS) is 29.6. The molecule has 1 N–H and O–H groups in total. The predicted octanol–water partition coefficient (Wildman–Crippen LogP) is 0.493. The number of methoxy groups -OCH3 is 2. The van der Waals surface area contributed by atoms with E-state index in [1.165, 1.54) is 0 Å². The molecular formula is C11H23NO3. The predicted molar refractivity (Wildman–Crippen MR) is 58.9 cm³/mol. The fraction of sp³-hybridized carbons (Fsp3) is 1.00. The van der Waals surface area contributed by atoms with Gasteiger partial charge >= 0.3 is 0 Å². The molecule has 0 aromatic carbocycles. The van der Waals surface area contributed by atoms with E-state index in [0.29, 0.717) is 0 Å². The van der Waals surface area contributed by atoms with Gasteiger partial charge in [-0.2, -0.15) is 0 Å². The second-order valence-corrected chi connectivity index (χ2v) is 4.30. The summed E-state index contributed by atoms with van der Waals surface area (Å²) in [5, 5.41) is 9.15. The second kappa shape index (κ2) is 6.43. The van der Waals surface area contributed by atoms with Crippen molar-refractivity contribution < 1.29 is 14.6 Å². The van der Waals surface area contributed by atoms with Gasteiger partial charge in [0.05, 0.1) is 18.3 Å². The Morgan fingerprint density at radius 2 is 1.80 bits per heavy atom. The van der Waals surface area contributed by atoms with Crippen molar-refractivity contribution in [3.8, 4) is 0 Å². The summed E-state index contributed by atoms with van der Waals surface area (Å²) in [7, 11) is 3.46. The molecule has 0 bridgehead atoms. The van der Waals surface area contributed by atoms with E-state index in [4.69, 9.17) is 14.6 Å². The molecule has 1 saturated heterocycles. The molecule has 0 aromatic heterocycles. The highest BCUT2D eigenvalue weighted by atomic mass is 16.5. The summed E-state index contributed by atoms with van der Waals surface area (Å²) in [5.41, 5.74) is 0. The molecule has 1 aliphatic heterocycles. The van der Waals surface area contributed by atoms with Crippen LogP contribution in [-0.4, -0.2) is 62.2 Å². The van der Waals surface area contributed by atoms with E-state index >= 15 is 0 Å². The highest BCUT2D eigenvalue weighted by molar-refractivity contribution is 4.85. The van der Waals surface area contributed by atoms with E-state index in [9.17, 15) is 0 Å². The average Bonchev–Trinajstić information content (AvgIpc) is 2.59. The van der Waals surface area contributed by atoms with E-state index in [2.05, 4.69) is 4.90 Å². The first-order chi connectivity index (χ1) is 7.17. The van der Waals surface area contributed by atoms with Gasteiger partial charge in [-0.05, 0) is 26.3 Å². The number of rotatable bonds is 6. The Morgan fingerprint density at radius 3 is 2.20 bits per heavy atom. The zero-order valence-corrected chi connectivity index (χ0v) is 9.98. The van der Waals surface area contributed by atoms with Gasteiger partial charge < -0.3 is 14.6 Å². The Kier molecular flexibility index (Phi) is 5.53. The molecule has 1 fully saturated rings. The van der Waals surface area contributed by atoms with Gasteiger partial charge in [-0.15, -0.1) is 0 Å². The zero-order valence-electron chi connectivity index (χ0n) is 9.98. The lowest BCUT2D eigenvalue weighted by molar-refractivity contribution is -0.00461. The van der Waals surface area contributed by atoms with Crippen LogP contribution in [-0.2, 0) is 9.47 Å². The van der Waals surface area contributed by atoms with Gasteiger partial charge in [0.25, 0.3) is 0 Å². The van der Waals surface area contributed by atoms with Gasteiger partial charge in [0, 0.05) is 27.3 Å². The summed E-state index contributed by atoms with van der Waals surface area (Å²) < 4.78 is 10.7. The van der Waals surface area contributed by atoms with Crippen LogP contribution in [0.4, 0.5) is 0 Å². The Morgan fingerprint density at radius 1 is 1.27 bits per heavy atom. The van der Waals surface area contributed by atoms with Crippen LogP contribution in [0, 0.1) is 0 Å². The number of likely N-dealkylation sites (tertiary alicyclic amines) is 1. The monoisotopic (exact) mass is 217 g/mol. The molecule has 1 rings (SSSR count). The van der Waals surface area contributed by atoms with Crippen molar-refractivity contribution >= 4 is 0 Å². The van der Waals surface area contributed by atoms with Crippen LogP contribution in [0.15, 0.2) is 0 Å². The summed E-state index contributed by atoms with van der Waals surface area (Å²) in [6.45, 7) is 4.73. The average molecular weight is 217 g/mol. The van der Waals surface area contributed by atoms with Crippen molar-refractivity contribution in [1.82, 2.24) is 4.90 Å². The number of hydrogen-bond acceptors (Lipinski definition) is 4. The first kappa shape index (κ1) is 12.9. The van der Waals surface area contributed by atoms with Crippen molar-refractivity contribution in [3.63, 3.8) is 0 Å². The summed E-state index contributed by atoms with van der Waals surface area (Å²) in [5.74, 6) is 0. The lowest BCUT2D eigenvalue weighted by Crippen LogP contribution is -2.27. The summed E-state index contributed by atoms with van der Waals surface area (Å²) >= 11 is 0. The first-order valence-corrected chi connectivity index (χ1v) is 5.63. The lowest BCUT2D eigenvalue weighted by atomic mass is 10.2. The maximum atomic E-state index is 9.15. The van der Waals surface area contributed by atoms with Gasteiger partial charge in [-0.3, -0.25) is 4.90 Å². The maximum absolute atomic E-state index is 9.15. The zero-order chi connectivity index (χ0) is 11.3. The fourth-order valence-corrected chi connectivity index (χ4v) is 2.06. The third kappa shape index (κ3) is 4.07. The van der Waals surface area contributed by atoms with Crippen LogP contribution >= 0.6 is 0 Å². The van der Waals surface area contributed by atoms with Crippen molar-refractivity contribution in [2.75, 3.05) is 33.9 Å². The first-order valence-electron chi connectivity index (χ1n) is 5.63. The molecule has 4 nitrogen and oxygen atoms in total. The van der Waals surface area contributed by atoms with Crippen LogP contribution < -0.4 is 0 Å². The Balaban J connectivity index is 2.22. The molecule has 15 heavy (non-hydrogen) atoms. The number of hydrogen-bond donors (Lipinski definition) is 1. The van der Waals surface area contributed by atoms with Crippen molar-refractivity contribution in [2.45, 2.75) is 38.1 Å². The minimum atomic E-state index is -0.191. The number of aliphatic hydroxyl groups is 1. The van der Waals surface area contributed by atoms with Gasteiger partial charge in [0.1, 0.15) is 0 Å². The molecule has 3 unspecified atom stereocenters. The second-order valence-electron chi connectivity index (χ2n) is 4.30. The molecule has 0 aliphatic carbocycles. The molecule has 0 radical (unpaired) electrons. The van der Waals surface area contributed by atoms with Crippen LogP contribution in [0.1, 0.15) is 19.8 Å². The summed E-state index contributed by atoms with van der Waals surface area (Å²) in [6.07, 6.45) is 2.10. The van der Waals surface area contributed by atoms with Crippen LogP contribution in [0.3, 0.4) is 0 Å². The van der Waals surface area contributed by atoms with Gasteiger partial charge in [-0.25, -0.2) is 0 Å². The molecule has 3 atom stereocenters. The number of nitrogens with zero attached hydrogens (tertiary/aromatic N) is 1. The van der Waals surface area contributed by atoms with E-state index < -0.39 is 0 Å². The summed E-state index contributed by atoms with van der Waals surface area (Å²) in [6, 6.07) is 0. The molecule has 0 spiro atoms. The number of aliphatic hydroxyl groups excluding tert-OH is 1. The smallest absolute Gasteiger partial charge is 0.0971 e. The topological polar surface area (TPSA) is 41.9 Å². The van der Waals surface area contributed by atoms with Crippen LogP contribution in [0.25, 0.3) is 0 Å². The minimum absolute atomic E-state index is 0.191. The highest BCUT2D eigenvalue weighted by Gasteiger charge is 2.32. The van der Waals surface area contributed by atoms with Crippen LogP contribution in [0.2, 0.25) is 0 Å². The van der Waals surface area contributed by atoms with E-state index in [1.807, 2.05) is 6.92 Å². The molecule has 0 aromatic rings. The number of ether oxygens (including phenoxy) is 2. The largest absolute Gasteiger partial charge is 0.393 e. The maximum Gasteiger partial charge on any atom is 0.0971 e. The van der Waals surface area contributed by atoms with Gasteiger partial charge in [-0.1, -0.05) is 0 Å². The van der Waals surface area contributed by atoms with Gasteiger partial charge in [0.2, 0.25) is 0 Å². The van der Waals surface area contributed by atoms with E-state index in [1.54, 1.807) is 14.2 Å². The van der Waals surface area contributed by atoms with E-state index in [0.717, 1.165) is 32.5 Å². The molecule has 0 amide bonds. The summed E-state index contributed by atoms with van der Waals surface area (Å²) in [4.78, 5) is 2.34. The van der Waals surface area contributed by atoms with E-state index in [-0.39, 0.29) is 18.3 Å². The highest BCUT2D eigenvalue weighted by Crippen LogP contribution is 2.16. The fourth-order valence-electron chi connectivity index (χ4n) is 2.06. The Labute approximate surface area is 92.2 Å². The Bertz CT molecular complexity index is 163. The Hall–Kier alpha value is -0.160. The quantitative estimate of drug-likeness (QED) is 0.703. The minimum Gasteiger partial charge on any atom is -0.393 e. The standard InChI is InChI=1S/C11H23NO3/c1-9(13)5-4-6-12-7-10(14-2)11(8-12)15-3/h9-11,13H,4-8H2,1-3H3. The van der Waals surface area contributed by atoms with Crippen LogP contribution in [0.5, 0.6) is 0 Å². The van der Waals surface area contributed by atoms with Gasteiger partial charge in [0.15, 0.2) is 0 Å². The van der Waals surface area contributed by atoms with Crippen molar-refractivity contribution in [2.24, 2.45) is 0 Å². The third-order valence-electron chi connectivity index (χ3n) is 2.99. The van der Waals surface area contributed by atoms with Crippen molar-refractivity contribution in [1.29, 1.82) is 0 Å².